The van der Waals surface area contributed by atoms with Crippen molar-refractivity contribution in [2.75, 3.05) is 42.8 Å². The number of hydrogen-bond donors (Lipinski definition) is 2. The fourth-order valence-electron chi connectivity index (χ4n) is 8.69. The summed E-state index contributed by atoms with van der Waals surface area (Å²) >= 11 is 7.25. The van der Waals surface area contributed by atoms with Gasteiger partial charge in [0.05, 0.1) is 52.2 Å². The van der Waals surface area contributed by atoms with E-state index in [1.54, 1.807) is 65.3 Å². The number of nitrogens with one attached hydrogen (secondary N) is 2. The Morgan fingerprint density at radius 2 is 1.54 bits per heavy atom. The topological polar surface area (TPSA) is 166 Å². The van der Waals surface area contributed by atoms with Gasteiger partial charge in [-0.3, -0.25) is 19.3 Å². The van der Waals surface area contributed by atoms with Gasteiger partial charge in [0, 0.05) is 18.8 Å². The summed E-state index contributed by atoms with van der Waals surface area (Å²) in [6.07, 6.45) is -5.08. The number of aromatic nitrogens is 1. The number of anilines is 2. The van der Waals surface area contributed by atoms with E-state index in [1.165, 1.54) is 6.07 Å². The summed E-state index contributed by atoms with van der Waals surface area (Å²) in [7, 11) is 0. The van der Waals surface area contributed by atoms with Crippen molar-refractivity contribution in [3.63, 3.8) is 0 Å². The Kier molecular flexibility index (Phi) is 16.1. The number of carbonyl (C=O) groups excluding carboxylic acids is 4. The Balaban J connectivity index is 0.841. The lowest BCUT2D eigenvalue weighted by Crippen LogP contribution is -2.57. The lowest BCUT2D eigenvalue weighted by molar-refractivity contribution is -0.142. The largest absolute Gasteiger partial charge is 0.491 e. The number of nitriles is 1. The maximum absolute atomic E-state index is 14.1. The van der Waals surface area contributed by atoms with E-state index in [0.29, 0.717) is 30.9 Å². The summed E-state index contributed by atoms with van der Waals surface area (Å²) in [5, 5.41) is 15.0. The number of rotatable bonds is 16. The van der Waals surface area contributed by atoms with Gasteiger partial charge in [-0.05, 0) is 115 Å². The molecule has 5 aromatic rings. The number of thiocarbonyl (C=S) groups is 1. The van der Waals surface area contributed by atoms with Gasteiger partial charge in [0.25, 0.3) is 5.91 Å². The van der Waals surface area contributed by atoms with E-state index in [0.717, 1.165) is 49.9 Å². The van der Waals surface area contributed by atoms with Crippen LogP contribution in [-0.4, -0.2) is 89.4 Å². The zero-order valence-corrected chi connectivity index (χ0v) is 42.6. The second-order valence-corrected chi connectivity index (χ2v) is 20.5. The number of carbonyl (C=O) groups is 4. The number of alkyl carbamates (subject to hydrolysis) is 1. The van der Waals surface area contributed by atoms with Crippen molar-refractivity contribution in [1.82, 2.24) is 20.5 Å². The van der Waals surface area contributed by atoms with E-state index in [4.69, 9.17) is 26.4 Å². The fourth-order valence-corrected chi connectivity index (χ4v) is 10.0. The molecule has 14 nitrogen and oxygen atoms in total. The minimum absolute atomic E-state index is 0.0000454. The Bertz CT molecular complexity index is 2840. The van der Waals surface area contributed by atoms with Crippen LogP contribution in [0.1, 0.15) is 70.3 Å². The number of benzene rings is 4. The number of halogens is 3. The van der Waals surface area contributed by atoms with Gasteiger partial charge in [-0.2, -0.15) is 18.4 Å². The third-order valence-electron chi connectivity index (χ3n) is 12.5. The van der Waals surface area contributed by atoms with Crippen LogP contribution in [0.25, 0.3) is 21.6 Å². The van der Waals surface area contributed by atoms with Crippen molar-refractivity contribution in [3.05, 3.63) is 119 Å². The molecule has 3 atom stereocenters. The predicted octanol–water partition coefficient (Wildman–Crippen LogP) is 9.68. The summed E-state index contributed by atoms with van der Waals surface area (Å²) in [6.45, 7) is 13.9. The van der Waals surface area contributed by atoms with Crippen molar-refractivity contribution >= 4 is 63.9 Å². The minimum Gasteiger partial charge on any atom is -0.491 e. The monoisotopic (exact) mass is 1020 g/mol. The van der Waals surface area contributed by atoms with Gasteiger partial charge in [-0.25, -0.2) is 9.78 Å². The molecule has 4 aromatic carbocycles. The molecule has 0 spiro atoms. The third kappa shape index (κ3) is 11.9. The summed E-state index contributed by atoms with van der Waals surface area (Å²) in [5.41, 5.74) is 3.32. The van der Waals surface area contributed by atoms with Gasteiger partial charge in [0.1, 0.15) is 36.6 Å². The molecule has 0 unspecified atom stereocenters. The number of alkyl halides is 3. The van der Waals surface area contributed by atoms with Crippen molar-refractivity contribution in [3.8, 4) is 33.4 Å². The molecule has 0 saturated carbocycles. The number of likely N-dealkylation sites (tertiary alicyclic amines) is 1. The normalized spacial score (nSPS) is 17.2. The molecular weight excluding hydrogens is 968 g/mol. The van der Waals surface area contributed by atoms with E-state index in [9.17, 15) is 37.6 Å². The predicted molar refractivity (Wildman–Crippen MR) is 272 cm³/mol. The maximum Gasteiger partial charge on any atom is 0.417 e. The molecule has 378 valence electrons. The van der Waals surface area contributed by atoms with E-state index in [1.807, 2.05) is 88.7 Å². The lowest BCUT2D eigenvalue weighted by Gasteiger charge is -2.35. The molecule has 2 N–H and O–H groups in total. The molecule has 4 amide bonds. The molecule has 2 fully saturated rings. The quantitative estimate of drug-likeness (QED) is 0.0714. The first-order chi connectivity index (χ1) is 34.1. The van der Waals surface area contributed by atoms with Gasteiger partial charge < -0.3 is 34.6 Å². The van der Waals surface area contributed by atoms with Crippen molar-refractivity contribution in [1.29, 1.82) is 5.26 Å². The van der Waals surface area contributed by atoms with Gasteiger partial charge in [0.2, 0.25) is 11.8 Å². The molecule has 72 heavy (non-hydrogen) atoms. The van der Waals surface area contributed by atoms with Gasteiger partial charge >= 0.3 is 12.3 Å². The number of hydrogen-bond acceptors (Lipinski definition) is 11. The van der Waals surface area contributed by atoms with Crippen molar-refractivity contribution in [2.24, 2.45) is 11.3 Å². The third-order valence-corrected chi connectivity index (χ3v) is 13.9. The van der Waals surface area contributed by atoms with Gasteiger partial charge in [0.15, 0.2) is 5.11 Å². The minimum atomic E-state index is -4.81. The first kappa shape index (κ1) is 52.9. The van der Waals surface area contributed by atoms with Crippen LogP contribution < -0.4 is 25.2 Å². The average molecular weight is 1020 g/mol. The van der Waals surface area contributed by atoms with Crippen LogP contribution >= 0.6 is 23.6 Å². The van der Waals surface area contributed by atoms with E-state index < -0.39 is 52.3 Å². The summed E-state index contributed by atoms with van der Waals surface area (Å²) in [5.74, 6) is -0.453. The van der Waals surface area contributed by atoms with Crippen LogP contribution in [0.15, 0.2) is 96.5 Å². The van der Waals surface area contributed by atoms with Crippen LogP contribution in [0.4, 0.5) is 29.3 Å². The second kappa shape index (κ2) is 21.9. The maximum atomic E-state index is 14.1. The molecule has 0 bridgehead atoms. The molecule has 19 heteroatoms. The van der Waals surface area contributed by atoms with E-state index >= 15 is 0 Å². The first-order valence-electron chi connectivity index (χ1n) is 23.3. The van der Waals surface area contributed by atoms with E-state index in [-0.39, 0.29) is 55.0 Å². The number of aryl methyl sites for hydroxylation is 1. The smallest absolute Gasteiger partial charge is 0.417 e. The fraction of sp³-hybridized carbons (Fsp3) is 0.377. The number of nitrogens with zero attached hydrogens (tertiary/aromatic N) is 5. The number of thiazole rings is 1. The molecule has 1 aromatic heterocycles. The molecule has 2 saturated heterocycles. The van der Waals surface area contributed by atoms with Crippen LogP contribution in [0.2, 0.25) is 0 Å². The highest BCUT2D eigenvalue weighted by atomic mass is 32.1. The molecule has 7 rings (SSSR count). The highest BCUT2D eigenvalue weighted by Gasteiger charge is 2.51. The van der Waals surface area contributed by atoms with Gasteiger partial charge in [-0.15, -0.1) is 11.3 Å². The standard InChI is InChI=1S/C53H56F3N7O7S2/c1-32-26-43(46(64)58-29-34-8-10-37(11-9-34)44-33(2)59-31-72-44)61(30-32)47(65)45(51(3,4)5)60-49(67)70-25-23-68-22-24-69-41-20-15-36(16-21-41)35-12-17-39(18-13-35)63-50(71)62(48(66)52(63,6)7)40-19-14-38(28-57)42(27-40)53(54,55)56/h8-21,27,31-32,43,45H,22-26,29-30H2,1-7H3,(H,58,64)(H,60,67)/t32-,43+,45-/m1/s1. The Labute approximate surface area is 426 Å². The zero-order chi connectivity index (χ0) is 52.1. The zero-order valence-electron chi connectivity index (χ0n) is 41.0. The Hall–Kier alpha value is -6.88. The molecule has 0 aliphatic carbocycles. The molecule has 2 aliphatic heterocycles. The highest BCUT2D eigenvalue weighted by Crippen LogP contribution is 2.40. The van der Waals surface area contributed by atoms with Crippen molar-refractivity contribution in [2.45, 2.75) is 85.2 Å². The molecular formula is C53H56F3N7O7S2. The lowest BCUT2D eigenvalue weighted by atomic mass is 9.85. The molecule has 2 aliphatic rings. The molecule has 0 radical (unpaired) electrons. The Morgan fingerprint density at radius 3 is 2.15 bits per heavy atom. The van der Waals surface area contributed by atoms with Gasteiger partial charge in [-0.1, -0.05) is 76.2 Å². The number of ether oxygens (including phenoxy) is 3. The van der Waals surface area contributed by atoms with E-state index in [2.05, 4.69) is 15.6 Å². The van der Waals surface area contributed by atoms with Crippen LogP contribution in [0.3, 0.4) is 0 Å². The summed E-state index contributed by atoms with van der Waals surface area (Å²) < 4.78 is 58.2. The Morgan fingerprint density at radius 1 is 0.917 bits per heavy atom. The summed E-state index contributed by atoms with van der Waals surface area (Å²) in [4.78, 5) is 63.9. The van der Waals surface area contributed by atoms with Crippen LogP contribution in [0, 0.1) is 29.6 Å². The van der Waals surface area contributed by atoms with Crippen molar-refractivity contribution < 1.29 is 46.6 Å². The summed E-state index contributed by atoms with van der Waals surface area (Å²) in [6, 6.07) is 25.5. The first-order valence-corrected chi connectivity index (χ1v) is 24.6. The number of amides is 4. The van der Waals surface area contributed by atoms with Crippen LogP contribution in [0.5, 0.6) is 5.75 Å². The second-order valence-electron chi connectivity index (χ2n) is 19.3. The molecule has 3 heterocycles. The van der Waals surface area contributed by atoms with Crippen LogP contribution in [-0.2, 0) is 36.6 Å². The SMILES string of the molecule is Cc1ncsc1-c1ccc(CNC(=O)[C@@H]2C[C@@H](C)CN2C(=O)[C@@H](NC(=O)OCCOCCOc2ccc(-c3ccc(N4C(=S)N(c5ccc(C#N)c(C(F)(F)F)c5)C(=O)C4(C)C)cc3)cc2)C(C)(C)C)cc1. The average Bonchev–Trinajstić information content (AvgIpc) is 4.01. The highest BCUT2D eigenvalue weighted by molar-refractivity contribution is 7.81.